The van der Waals surface area contributed by atoms with E-state index >= 15 is 0 Å². The quantitative estimate of drug-likeness (QED) is 0.622. The van der Waals surface area contributed by atoms with E-state index in [2.05, 4.69) is 20.2 Å². The number of alkyl halides is 3. The molecule has 158 valence electrons. The van der Waals surface area contributed by atoms with Crippen LogP contribution in [0.3, 0.4) is 0 Å². The van der Waals surface area contributed by atoms with Crippen LogP contribution >= 0.6 is 11.3 Å². The Bertz CT molecular complexity index is 1030. The van der Waals surface area contributed by atoms with Crippen LogP contribution in [0.4, 0.5) is 29.9 Å². The minimum atomic E-state index is -4.53. The summed E-state index contributed by atoms with van der Waals surface area (Å²) in [6.07, 6.45) is -2.24. The highest BCUT2D eigenvalue weighted by Crippen LogP contribution is 2.32. The van der Waals surface area contributed by atoms with Gasteiger partial charge in [0.1, 0.15) is 5.69 Å². The highest BCUT2D eigenvalue weighted by atomic mass is 32.1. The molecule has 0 atom stereocenters. The van der Waals surface area contributed by atoms with E-state index in [9.17, 15) is 18.3 Å². The second-order valence-corrected chi connectivity index (χ2v) is 8.05. The Labute approximate surface area is 175 Å². The van der Waals surface area contributed by atoms with Gasteiger partial charge in [0.15, 0.2) is 5.13 Å². The molecule has 6 nitrogen and oxygen atoms in total. The SMILES string of the molecule is Cc1cc(Nc2nccc(C(F)(F)F)n2)cc(-c2csc(N3CCC(O)CC3)n2)c1. The third-order valence-electron chi connectivity index (χ3n) is 4.80. The lowest BCUT2D eigenvalue weighted by Gasteiger charge is -2.29. The predicted octanol–water partition coefficient (Wildman–Crippen LogP) is 4.63. The maximum Gasteiger partial charge on any atom is 0.433 e. The number of piperidine rings is 1. The maximum atomic E-state index is 12.9. The van der Waals surface area contributed by atoms with Gasteiger partial charge in [-0.05, 0) is 49.6 Å². The van der Waals surface area contributed by atoms with Crippen molar-refractivity contribution in [2.24, 2.45) is 0 Å². The highest BCUT2D eigenvalue weighted by Gasteiger charge is 2.32. The van der Waals surface area contributed by atoms with Gasteiger partial charge in [-0.25, -0.2) is 15.0 Å². The fourth-order valence-corrected chi connectivity index (χ4v) is 4.20. The Morgan fingerprint density at radius 3 is 2.67 bits per heavy atom. The molecule has 10 heteroatoms. The number of nitrogens with zero attached hydrogens (tertiary/aromatic N) is 4. The average molecular weight is 435 g/mol. The van der Waals surface area contributed by atoms with Crippen LogP contribution in [0.1, 0.15) is 24.1 Å². The second-order valence-electron chi connectivity index (χ2n) is 7.21. The van der Waals surface area contributed by atoms with Crippen molar-refractivity contribution in [3.63, 3.8) is 0 Å². The third kappa shape index (κ3) is 4.71. The van der Waals surface area contributed by atoms with E-state index in [4.69, 9.17) is 4.98 Å². The Morgan fingerprint density at radius 1 is 1.17 bits per heavy atom. The van der Waals surface area contributed by atoms with E-state index in [0.29, 0.717) is 5.69 Å². The summed E-state index contributed by atoms with van der Waals surface area (Å²) < 4.78 is 38.7. The molecule has 2 aromatic heterocycles. The van der Waals surface area contributed by atoms with E-state index in [1.807, 2.05) is 30.5 Å². The fraction of sp³-hybridized carbons (Fsp3) is 0.350. The van der Waals surface area contributed by atoms with Gasteiger partial charge in [0, 0.05) is 35.9 Å². The molecule has 1 aliphatic heterocycles. The summed E-state index contributed by atoms with van der Waals surface area (Å²) >= 11 is 1.54. The van der Waals surface area contributed by atoms with Gasteiger partial charge in [0.25, 0.3) is 0 Å². The molecule has 0 bridgehead atoms. The maximum absolute atomic E-state index is 12.9. The largest absolute Gasteiger partial charge is 0.433 e. The lowest BCUT2D eigenvalue weighted by Crippen LogP contribution is -2.35. The number of hydrogen-bond acceptors (Lipinski definition) is 7. The summed E-state index contributed by atoms with van der Waals surface area (Å²) in [6, 6.07) is 6.43. The molecule has 2 N–H and O–H groups in total. The van der Waals surface area contributed by atoms with Gasteiger partial charge >= 0.3 is 6.18 Å². The number of benzene rings is 1. The van der Waals surface area contributed by atoms with Crippen LogP contribution in [-0.4, -0.2) is 39.3 Å². The first kappa shape index (κ1) is 20.5. The fourth-order valence-electron chi connectivity index (χ4n) is 3.31. The Morgan fingerprint density at radius 2 is 1.93 bits per heavy atom. The Balaban J connectivity index is 1.56. The average Bonchev–Trinajstić information content (AvgIpc) is 3.18. The molecule has 1 aliphatic rings. The third-order valence-corrected chi connectivity index (χ3v) is 5.70. The van der Waals surface area contributed by atoms with Crippen molar-refractivity contribution in [3.05, 3.63) is 47.1 Å². The minimum absolute atomic E-state index is 0.118. The first-order valence-corrected chi connectivity index (χ1v) is 10.3. The van der Waals surface area contributed by atoms with Gasteiger partial charge in [-0.15, -0.1) is 11.3 Å². The number of aryl methyl sites for hydroxylation is 1. The van der Waals surface area contributed by atoms with Crippen LogP contribution in [-0.2, 0) is 6.18 Å². The van der Waals surface area contributed by atoms with Gasteiger partial charge in [-0.2, -0.15) is 13.2 Å². The van der Waals surface area contributed by atoms with Gasteiger partial charge in [-0.3, -0.25) is 0 Å². The molecule has 1 fully saturated rings. The molecular weight excluding hydrogens is 415 g/mol. The molecule has 0 spiro atoms. The predicted molar refractivity (Wildman–Crippen MR) is 110 cm³/mol. The zero-order valence-electron chi connectivity index (χ0n) is 16.1. The van der Waals surface area contributed by atoms with Crippen LogP contribution in [0.2, 0.25) is 0 Å². The van der Waals surface area contributed by atoms with Crippen molar-refractivity contribution in [3.8, 4) is 11.3 Å². The number of aliphatic hydroxyl groups is 1. The first-order valence-electron chi connectivity index (χ1n) is 9.46. The van der Waals surface area contributed by atoms with Crippen molar-refractivity contribution in [2.45, 2.75) is 32.0 Å². The first-order chi connectivity index (χ1) is 14.3. The monoisotopic (exact) mass is 435 g/mol. The Hall–Kier alpha value is -2.72. The number of nitrogens with one attached hydrogen (secondary N) is 1. The summed E-state index contributed by atoms with van der Waals surface area (Å²) in [5, 5.41) is 15.4. The topological polar surface area (TPSA) is 74.2 Å². The summed E-state index contributed by atoms with van der Waals surface area (Å²) in [7, 11) is 0. The standard InChI is InChI=1S/C20H20F3N5OS/c1-12-8-13(16-11-30-19(26-16)28-6-3-15(29)4-7-28)10-14(9-12)25-18-24-5-2-17(27-18)20(21,22)23/h2,5,8-11,15,29H,3-4,6-7H2,1H3,(H,24,25,27). The van der Waals surface area contributed by atoms with E-state index in [1.165, 1.54) is 11.3 Å². The lowest BCUT2D eigenvalue weighted by atomic mass is 10.1. The number of thiazole rings is 1. The molecule has 0 aliphatic carbocycles. The van der Waals surface area contributed by atoms with Crippen LogP contribution < -0.4 is 10.2 Å². The van der Waals surface area contributed by atoms with Gasteiger partial charge in [-0.1, -0.05) is 0 Å². The van der Waals surface area contributed by atoms with Crippen LogP contribution in [0, 0.1) is 6.92 Å². The van der Waals surface area contributed by atoms with Crippen LogP contribution in [0.15, 0.2) is 35.8 Å². The zero-order valence-corrected chi connectivity index (χ0v) is 17.0. The number of aliphatic hydroxyl groups excluding tert-OH is 1. The number of halogens is 3. The second kappa shape index (κ2) is 8.19. The van der Waals surface area contributed by atoms with Gasteiger partial charge in [0.2, 0.25) is 5.95 Å². The number of aromatic nitrogens is 3. The molecular formula is C20H20F3N5OS. The number of anilines is 3. The molecule has 3 heterocycles. The number of hydrogen-bond donors (Lipinski definition) is 2. The molecule has 0 radical (unpaired) electrons. The minimum Gasteiger partial charge on any atom is -0.393 e. The molecule has 0 amide bonds. The smallest absolute Gasteiger partial charge is 0.393 e. The number of rotatable bonds is 4. The lowest BCUT2D eigenvalue weighted by molar-refractivity contribution is -0.141. The molecule has 4 rings (SSSR count). The molecule has 1 aromatic carbocycles. The Kier molecular flexibility index (Phi) is 5.61. The van der Waals surface area contributed by atoms with Crippen molar-refractivity contribution >= 4 is 28.1 Å². The summed E-state index contributed by atoms with van der Waals surface area (Å²) in [4.78, 5) is 14.3. The normalized spacial score (nSPS) is 15.4. The van der Waals surface area contributed by atoms with Gasteiger partial charge in [0.05, 0.1) is 11.8 Å². The molecule has 0 unspecified atom stereocenters. The van der Waals surface area contributed by atoms with E-state index in [-0.39, 0.29) is 12.1 Å². The summed E-state index contributed by atoms with van der Waals surface area (Å²) in [6.45, 7) is 3.43. The van der Waals surface area contributed by atoms with Gasteiger partial charge < -0.3 is 15.3 Å². The van der Waals surface area contributed by atoms with E-state index in [0.717, 1.165) is 60.1 Å². The molecule has 1 saturated heterocycles. The molecule has 30 heavy (non-hydrogen) atoms. The van der Waals surface area contributed by atoms with Crippen molar-refractivity contribution in [1.82, 2.24) is 15.0 Å². The summed E-state index contributed by atoms with van der Waals surface area (Å²) in [5.41, 5.74) is 2.16. The van der Waals surface area contributed by atoms with Crippen molar-refractivity contribution in [2.75, 3.05) is 23.3 Å². The zero-order chi connectivity index (χ0) is 21.3. The van der Waals surface area contributed by atoms with Crippen LogP contribution in [0.5, 0.6) is 0 Å². The van der Waals surface area contributed by atoms with E-state index in [1.54, 1.807) is 0 Å². The highest BCUT2D eigenvalue weighted by molar-refractivity contribution is 7.14. The molecule has 3 aromatic rings. The van der Waals surface area contributed by atoms with Crippen molar-refractivity contribution in [1.29, 1.82) is 0 Å². The molecule has 0 saturated carbocycles. The van der Waals surface area contributed by atoms with Crippen LogP contribution in [0.25, 0.3) is 11.3 Å². The summed E-state index contributed by atoms with van der Waals surface area (Å²) in [5.74, 6) is -0.118. The van der Waals surface area contributed by atoms with Crippen molar-refractivity contribution < 1.29 is 18.3 Å². The van der Waals surface area contributed by atoms with E-state index < -0.39 is 11.9 Å².